The summed E-state index contributed by atoms with van der Waals surface area (Å²) in [7, 11) is 0. The Morgan fingerprint density at radius 1 is 1.38 bits per heavy atom. The number of piperazine rings is 1. The Morgan fingerprint density at radius 2 is 2.14 bits per heavy atom. The van der Waals surface area contributed by atoms with Crippen molar-refractivity contribution in [3.8, 4) is 0 Å². The van der Waals surface area contributed by atoms with E-state index >= 15 is 0 Å². The van der Waals surface area contributed by atoms with Gasteiger partial charge in [-0.15, -0.1) is 11.3 Å². The highest BCUT2D eigenvalue weighted by Gasteiger charge is 2.58. The van der Waals surface area contributed by atoms with E-state index in [1.807, 2.05) is 17.2 Å². The number of rotatable bonds is 4. The number of carbonyl (C=O) groups is 2. The molecule has 2 amide bonds. The summed E-state index contributed by atoms with van der Waals surface area (Å²) in [5.41, 5.74) is -0.700. The van der Waals surface area contributed by atoms with E-state index in [1.165, 1.54) is 0 Å². The lowest BCUT2D eigenvalue weighted by Crippen LogP contribution is -2.70. The number of hydrogen-bond donors (Lipinski definition) is 1. The van der Waals surface area contributed by atoms with Gasteiger partial charge in [-0.2, -0.15) is 0 Å². The van der Waals surface area contributed by atoms with E-state index < -0.39 is 5.54 Å². The van der Waals surface area contributed by atoms with Crippen molar-refractivity contribution in [1.29, 1.82) is 0 Å². The zero-order chi connectivity index (χ0) is 14.6. The van der Waals surface area contributed by atoms with Gasteiger partial charge in [0.2, 0.25) is 11.8 Å². The Kier molecular flexibility index (Phi) is 2.86. The number of carbonyl (C=O) groups excluding carboxylic acids is 2. The molecular formula is C15H19N3O2S. The lowest BCUT2D eigenvalue weighted by atomic mass is 9.87. The smallest absolute Gasteiger partial charge is 0.246 e. The zero-order valence-corrected chi connectivity index (χ0v) is 12.9. The van der Waals surface area contributed by atoms with Gasteiger partial charge in [0.1, 0.15) is 16.6 Å². The minimum Gasteiger partial charge on any atom is -0.342 e. The van der Waals surface area contributed by atoms with Gasteiger partial charge < -0.3 is 10.2 Å². The van der Waals surface area contributed by atoms with Crippen LogP contribution in [0.2, 0.25) is 0 Å². The van der Waals surface area contributed by atoms with Crippen LogP contribution in [0.1, 0.15) is 37.6 Å². The maximum Gasteiger partial charge on any atom is 0.246 e. The minimum atomic E-state index is -0.700. The van der Waals surface area contributed by atoms with Gasteiger partial charge in [-0.1, -0.05) is 0 Å². The topological polar surface area (TPSA) is 62.3 Å². The number of amides is 2. The van der Waals surface area contributed by atoms with E-state index in [2.05, 4.69) is 10.3 Å². The maximum atomic E-state index is 12.9. The van der Waals surface area contributed by atoms with Crippen molar-refractivity contribution in [1.82, 2.24) is 15.2 Å². The average Bonchev–Trinajstić information content (AvgIpc) is 3.38. The number of nitrogens with zero attached hydrogens (tertiary/aromatic N) is 2. The molecular weight excluding hydrogens is 286 g/mol. The molecule has 2 saturated carbocycles. The zero-order valence-electron chi connectivity index (χ0n) is 12.0. The van der Waals surface area contributed by atoms with Crippen molar-refractivity contribution in [2.24, 2.45) is 11.8 Å². The normalized spacial score (nSPS) is 33.2. The Bertz CT molecular complexity index is 580. The van der Waals surface area contributed by atoms with E-state index in [4.69, 9.17) is 0 Å². The largest absolute Gasteiger partial charge is 0.342 e. The summed E-state index contributed by atoms with van der Waals surface area (Å²) < 4.78 is 0. The summed E-state index contributed by atoms with van der Waals surface area (Å²) in [6.07, 6.45) is 5.89. The fraction of sp³-hybridized carbons (Fsp3) is 0.667. The summed E-state index contributed by atoms with van der Waals surface area (Å²) in [4.78, 5) is 31.7. The van der Waals surface area contributed by atoms with Crippen LogP contribution in [-0.2, 0) is 16.1 Å². The van der Waals surface area contributed by atoms with Crippen LogP contribution in [0, 0.1) is 11.8 Å². The maximum absolute atomic E-state index is 12.9. The second-order valence-electron chi connectivity index (χ2n) is 6.56. The Labute approximate surface area is 127 Å². The summed E-state index contributed by atoms with van der Waals surface area (Å²) in [6.45, 7) is 2.38. The van der Waals surface area contributed by atoms with Crippen molar-refractivity contribution in [3.05, 3.63) is 16.6 Å². The minimum absolute atomic E-state index is 0.0260. The van der Waals surface area contributed by atoms with Gasteiger partial charge in [0, 0.05) is 11.6 Å². The molecule has 2 atom stereocenters. The molecule has 1 aliphatic heterocycles. The van der Waals surface area contributed by atoms with Crippen molar-refractivity contribution >= 4 is 23.2 Å². The SMILES string of the molecule is CC1(C2CC2)C(=O)NC(C2CC2)C(=O)N1Cc1nccs1. The van der Waals surface area contributed by atoms with Crippen LogP contribution in [0.5, 0.6) is 0 Å². The first kappa shape index (κ1) is 13.2. The monoisotopic (exact) mass is 305 g/mol. The van der Waals surface area contributed by atoms with Gasteiger partial charge in [-0.05, 0) is 44.4 Å². The van der Waals surface area contributed by atoms with Gasteiger partial charge in [0.05, 0.1) is 6.54 Å². The quantitative estimate of drug-likeness (QED) is 0.918. The van der Waals surface area contributed by atoms with Gasteiger partial charge in [0.15, 0.2) is 0 Å². The third-order valence-electron chi connectivity index (χ3n) is 5.08. The van der Waals surface area contributed by atoms with E-state index in [0.29, 0.717) is 18.4 Å². The third kappa shape index (κ3) is 2.08. The fourth-order valence-corrected chi connectivity index (χ4v) is 3.98. The molecule has 1 aromatic heterocycles. The van der Waals surface area contributed by atoms with Gasteiger partial charge in [-0.25, -0.2) is 4.98 Å². The molecule has 0 aromatic carbocycles. The molecule has 5 nitrogen and oxygen atoms in total. The van der Waals surface area contributed by atoms with Crippen molar-refractivity contribution in [2.75, 3.05) is 0 Å². The number of aromatic nitrogens is 1. The molecule has 0 spiro atoms. The highest BCUT2D eigenvalue weighted by Crippen LogP contribution is 2.47. The molecule has 112 valence electrons. The van der Waals surface area contributed by atoms with Crippen LogP contribution < -0.4 is 5.32 Å². The van der Waals surface area contributed by atoms with E-state index in [0.717, 1.165) is 30.7 Å². The van der Waals surface area contributed by atoms with E-state index in [-0.39, 0.29) is 17.9 Å². The van der Waals surface area contributed by atoms with Gasteiger partial charge in [0.25, 0.3) is 0 Å². The molecule has 1 aromatic rings. The first-order valence-corrected chi connectivity index (χ1v) is 8.49. The predicted octanol–water partition coefficient (Wildman–Crippen LogP) is 1.55. The lowest BCUT2D eigenvalue weighted by molar-refractivity contribution is -0.159. The summed E-state index contributed by atoms with van der Waals surface area (Å²) in [5, 5.41) is 5.82. The van der Waals surface area contributed by atoms with Crippen LogP contribution in [0.4, 0.5) is 0 Å². The van der Waals surface area contributed by atoms with Gasteiger partial charge in [-0.3, -0.25) is 9.59 Å². The van der Waals surface area contributed by atoms with Crippen molar-refractivity contribution in [2.45, 2.75) is 50.7 Å². The molecule has 1 N–H and O–H groups in total. The molecule has 0 bridgehead atoms. The summed E-state index contributed by atoms with van der Waals surface area (Å²) >= 11 is 1.54. The molecule has 3 fully saturated rings. The lowest BCUT2D eigenvalue weighted by Gasteiger charge is -2.46. The number of nitrogens with one attached hydrogen (secondary N) is 1. The van der Waals surface area contributed by atoms with Crippen LogP contribution in [0.3, 0.4) is 0 Å². The average molecular weight is 305 g/mol. The molecule has 2 aliphatic carbocycles. The molecule has 2 heterocycles. The van der Waals surface area contributed by atoms with Crippen LogP contribution in [0.15, 0.2) is 11.6 Å². The third-order valence-corrected chi connectivity index (χ3v) is 5.85. The molecule has 2 unspecified atom stereocenters. The van der Waals surface area contributed by atoms with Gasteiger partial charge >= 0.3 is 0 Å². The Morgan fingerprint density at radius 3 is 2.71 bits per heavy atom. The highest BCUT2D eigenvalue weighted by atomic mass is 32.1. The fourth-order valence-electron chi connectivity index (χ4n) is 3.38. The van der Waals surface area contributed by atoms with E-state index in [1.54, 1.807) is 17.5 Å². The molecule has 1 saturated heterocycles. The van der Waals surface area contributed by atoms with Crippen LogP contribution in [-0.4, -0.2) is 33.3 Å². The Hall–Kier alpha value is -1.43. The van der Waals surface area contributed by atoms with Crippen LogP contribution in [0.25, 0.3) is 0 Å². The second-order valence-corrected chi connectivity index (χ2v) is 7.54. The number of thiazole rings is 1. The van der Waals surface area contributed by atoms with Crippen molar-refractivity contribution in [3.63, 3.8) is 0 Å². The molecule has 4 rings (SSSR count). The summed E-state index contributed by atoms with van der Waals surface area (Å²) in [6, 6.07) is -0.315. The molecule has 0 radical (unpaired) electrons. The standard InChI is InChI=1S/C15H19N3O2S/c1-15(10-4-5-10)14(20)17-12(9-2-3-9)13(19)18(15)8-11-16-6-7-21-11/h6-7,9-10,12H,2-5,8H2,1H3,(H,17,20). The Balaban J connectivity index is 1.67. The first-order valence-electron chi connectivity index (χ1n) is 7.61. The molecule has 6 heteroatoms. The van der Waals surface area contributed by atoms with E-state index in [9.17, 15) is 9.59 Å². The second kappa shape index (κ2) is 4.53. The first-order chi connectivity index (χ1) is 10.1. The van der Waals surface area contributed by atoms with Crippen LogP contribution >= 0.6 is 11.3 Å². The summed E-state index contributed by atoms with van der Waals surface area (Å²) in [5.74, 6) is 0.741. The number of hydrogen-bond acceptors (Lipinski definition) is 4. The molecule has 3 aliphatic rings. The highest BCUT2D eigenvalue weighted by molar-refractivity contribution is 7.09. The molecule has 21 heavy (non-hydrogen) atoms. The predicted molar refractivity (Wildman–Crippen MR) is 78.4 cm³/mol. The van der Waals surface area contributed by atoms with Crippen molar-refractivity contribution < 1.29 is 9.59 Å².